The van der Waals surface area contributed by atoms with Gasteiger partial charge in [-0.1, -0.05) is 23.2 Å². The summed E-state index contributed by atoms with van der Waals surface area (Å²) in [5.74, 6) is -0.865. The van der Waals surface area contributed by atoms with Crippen molar-refractivity contribution in [1.29, 1.82) is 0 Å². The first kappa shape index (κ1) is 26.9. The van der Waals surface area contributed by atoms with Crippen molar-refractivity contribution < 1.29 is 19.2 Å². The number of halogens is 2. The topological polar surface area (TPSA) is 103 Å². The molecular formula is C23H27Cl2N5O4S. The quantitative estimate of drug-likeness (QED) is 0.581. The van der Waals surface area contributed by atoms with Gasteiger partial charge < -0.3 is 20.0 Å². The van der Waals surface area contributed by atoms with Crippen LogP contribution in [-0.2, 0) is 20.8 Å². The molecule has 2 heterocycles. The molecule has 0 atom stereocenters. The van der Waals surface area contributed by atoms with Crippen LogP contribution in [0.3, 0.4) is 0 Å². The molecule has 9 nitrogen and oxygen atoms in total. The summed E-state index contributed by atoms with van der Waals surface area (Å²) >= 11 is 13.3. The van der Waals surface area contributed by atoms with Crippen molar-refractivity contribution in [3.8, 4) is 0 Å². The van der Waals surface area contributed by atoms with E-state index in [0.29, 0.717) is 42.0 Å². The Morgan fingerprint density at radius 2 is 1.77 bits per heavy atom. The standard InChI is InChI=1S/C23H27Cl2N5O4S/c1-14(2)30(22(34)18-5-4-16(24)10-19(18)25)12-20(32)27-23-26-17(13-35-23)11-21(33)29-8-6-28(7-9-29)15(3)31/h4-5,10,13-14H,6-9,11-12H2,1-3H3,(H,26,27,32). The van der Waals surface area contributed by atoms with E-state index < -0.39 is 5.91 Å². The molecule has 1 aromatic heterocycles. The summed E-state index contributed by atoms with van der Waals surface area (Å²) in [6.45, 7) is 6.95. The molecule has 0 bridgehead atoms. The Morgan fingerprint density at radius 3 is 2.37 bits per heavy atom. The lowest BCUT2D eigenvalue weighted by Gasteiger charge is -2.34. The second kappa shape index (κ2) is 11.8. The molecule has 35 heavy (non-hydrogen) atoms. The van der Waals surface area contributed by atoms with E-state index in [1.54, 1.807) is 35.1 Å². The van der Waals surface area contributed by atoms with Gasteiger partial charge in [0.2, 0.25) is 17.7 Å². The third-order valence-electron chi connectivity index (χ3n) is 5.57. The highest BCUT2D eigenvalue weighted by atomic mass is 35.5. The molecule has 1 aliphatic heterocycles. The Bertz CT molecular complexity index is 1120. The zero-order valence-electron chi connectivity index (χ0n) is 19.7. The number of aromatic nitrogens is 1. The van der Waals surface area contributed by atoms with Crippen molar-refractivity contribution in [2.45, 2.75) is 33.2 Å². The Morgan fingerprint density at radius 1 is 1.11 bits per heavy atom. The van der Waals surface area contributed by atoms with E-state index in [0.717, 1.165) is 0 Å². The molecule has 4 amide bonds. The van der Waals surface area contributed by atoms with Crippen LogP contribution in [0, 0.1) is 0 Å². The maximum Gasteiger partial charge on any atom is 0.256 e. The van der Waals surface area contributed by atoms with Gasteiger partial charge >= 0.3 is 0 Å². The van der Waals surface area contributed by atoms with Crippen LogP contribution in [0.4, 0.5) is 5.13 Å². The highest BCUT2D eigenvalue weighted by Crippen LogP contribution is 2.23. The number of piperazine rings is 1. The monoisotopic (exact) mass is 539 g/mol. The summed E-state index contributed by atoms with van der Waals surface area (Å²) in [6.07, 6.45) is 0.109. The minimum atomic E-state index is -0.412. The lowest BCUT2D eigenvalue weighted by molar-refractivity contribution is -0.138. The number of thiazole rings is 1. The number of amides is 4. The fourth-order valence-electron chi connectivity index (χ4n) is 3.60. The molecule has 1 saturated heterocycles. The van der Waals surface area contributed by atoms with E-state index in [1.807, 2.05) is 0 Å². The van der Waals surface area contributed by atoms with Crippen molar-refractivity contribution in [2.24, 2.45) is 0 Å². The van der Waals surface area contributed by atoms with E-state index in [2.05, 4.69) is 10.3 Å². The van der Waals surface area contributed by atoms with Gasteiger partial charge in [-0.3, -0.25) is 19.2 Å². The Labute approximate surface area is 218 Å². The molecule has 12 heteroatoms. The Hall–Kier alpha value is -2.69. The lowest BCUT2D eigenvalue weighted by Crippen LogP contribution is -2.50. The van der Waals surface area contributed by atoms with E-state index in [9.17, 15) is 19.2 Å². The summed E-state index contributed by atoms with van der Waals surface area (Å²) in [4.78, 5) is 58.9. The van der Waals surface area contributed by atoms with E-state index in [4.69, 9.17) is 23.2 Å². The maximum absolute atomic E-state index is 13.0. The number of hydrogen-bond acceptors (Lipinski definition) is 6. The highest BCUT2D eigenvalue weighted by molar-refractivity contribution is 7.13. The van der Waals surface area contributed by atoms with Crippen LogP contribution < -0.4 is 5.32 Å². The molecule has 0 unspecified atom stereocenters. The van der Waals surface area contributed by atoms with Crippen molar-refractivity contribution in [2.75, 3.05) is 38.0 Å². The summed E-state index contributed by atoms with van der Waals surface area (Å²) in [5, 5.41) is 5.39. The minimum absolute atomic E-state index is 0.00554. The van der Waals surface area contributed by atoms with Crippen LogP contribution in [0.15, 0.2) is 23.6 Å². The lowest BCUT2D eigenvalue weighted by atomic mass is 10.1. The first-order chi connectivity index (χ1) is 16.5. The Balaban J connectivity index is 1.56. The van der Waals surface area contributed by atoms with E-state index in [1.165, 1.54) is 35.3 Å². The molecule has 0 radical (unpaired) electrons. The number of anilines is 1. The van der Waals surface area contributed by atoms with E-state index in [-0.39, 0.29) is 47.3 Å². The largest absolute Gasteiger partial charge is 0.339 e. The van der Waals surface area contributed by atoms with Gasteiger partial charge in [-0.2, -0.15) is 0 Å². The fraction of sp³-hybridized carbons (Fsp3) is 0.435. The zero-order valence-corrected chi connectivity index (χ0v) is 22.0. The van der Waals surface area contributed by atoms with Crippen LogP contribution in [0.5, 0.6) is 0 Å². The third-order valence-corrected chi connectivity index (χ3v) is 6.92. The van der Waals surface area contributed by atoms with Gasteiger partial charge in [-0.15, -0.1) is 11.3 Å². The molecule has 188 valence electrons. The second-order valence-corrected chi connectivity index (χ2v) is 10.1. The maximum atomic E-state index is 13.0. The Kier molecular flexibility index (Phi) is 9.09. The number of nitrogens with one attached hydrogen (secondary N) is 1. The predicted octanol–water partition coefficient (Wildman–Crippen LogP) is 3.17. The second-order valence-electron chi connectivity index (χ2n) is 8.41. The van der Waals surface area contributed by atoms with Gasteiger partial charge in [0.25, 0.3) is 5.91 Å². The number of hydrogen-bond donors (Lipinski definition) is 1. The average Bonchev–Trinajstić information content (AvgIpc) is 3.23. The number of carbonyl (C=O) groups excluding carboxylic acids is 4. The minimum Gasteiger partial charge on any atom is -0.339 e. The smallest absolute Gasteiger partial charge is 0.256 e. The molecule has 1 fully saturated rings. The van der Waals surface area contributed by atoms with Crippen molar-refractivity contribution in [3.05, 3.63) is 44.9 Å². The van der Waals surface area contributed by atoms with Crippen LogP contribution >= 0.6 is 34.5 Å². The van der Waals surface area contributed by atoms with E-state index >= 15 is 0 Å². The molecule has 2 aromatic rings. The van der Waals surface area contributed by atoms with Gasteiger partial charge in [0.05, 0.1) is 22.7 Å². The average molecular weight is 540 g/mol. The molecule has 1 aliphatic rings. The van der Waals surface area contributed by atoms with Gasteiger partial charge in [0.1, 0.15) is 6.54 Å². The number of rotatable bonds is 7. The van der Waals surface area contributed by atoms with Crippen LogP contribution in [0.1, 0.15) is 36.8 Å². The SMILES string of the molecule is CC(=O)N1CCN(C(=O)Cc2csc(NC(=O)CN(C(=O)c3ccc(Cl)cc3Cl)C(C)C)n2)CC1. The highest BCUT2D eigenvalue weighted by Gasteiger charge is 2.25. The molecule has 0 spiro atoms. The van der Waals surface area contributed by atoms with Crippen LogP contribution in [-0.4, -0.2) is 82.1 Å². The van der Waals surface area contributed by atoms with Crippen LogP contribution in [0.25, 0.3) is 0 Å². The normalized spacial score (nSPS) is 13.7. The summed E-state index contributed by atoms with van der Waals surface area (Å²) in [5.41, 5.74) is 0.811. The number of nitrogens with zero attached hydrogens (tertiary/aromatic N) is 4. The van der Waals surface area contributed by atoms with Gasteiger partial charge in [-0.25, -0.2) is 4.98 Å². The van der Waals surface area contributed by atoms with Crippen molar-refractivity contribution in [3.63, 3.8) is 0 Å². The van der Waals surface area contributed by atoms with Crippen molar-refractivity contribution >= 4 is 63.3 Å². The molecule has 1 aromatic carbocycles. The molecule has 0 aliphatic carbocycles. The summed E-state index contributed by atoms with van der Waals surface area (Å²) in [6, 6.07) is 4.33. The van der Waals surface area contributed by atoms with Crippen LogP contribution in [0.2, 0.25) is 10.0 Å². The fourth-order valence-corrected chi connectivity index (χ4v) is 4.82. The molecule has 1 N–H and O–H groups in total. The molecule has 3 rings (SSSR count). The first-order valence-electron chi connectivity index (χ1n) is 11.1. The molecular weight excluding hydrogens is 513 g/mol. The summed E-state index contributed by atoms with van der Waals surface area (Å²) < 4.78 is 0. The van der Waals surface area contributed by atoms with Gasteiger partial charge in [0, 0.05) is 49.5 Å². The zero-order chi connectivity index (χ0) is 25.7. The van der Waals surface area contributed by atoms with Crippen molar-refractivity contribution in [1.82, 2.24) is 19.7 Å². The predicted molar refractivity (Wildman–Crippen MR) is 136 cm³/mol. The van der Waals surface area contributed by atoms with Gasteiger partial charge in [-0.05, 0) is 32.0 Å². The first-order valence-corrected chi connectivity index (χ1v) is 12.7. The third kappa shape index (κ3) is 7.16. The molecule has 0 saturated carbocycles. The van der Waals surface area contributed by atoms with Gasteiger partial charge in [0.15, 0.2) is 5.13 Å². The summed E-state index contributed by atoms with van der Waals surface area (Å²) in [7, 11) is 0. The number of carbonyl (C=O) groups is 4. The number of benzene rings is 1.